The first-order chi connectivity index (χ1) is 13.3. The zero-order chi connectivity index (χ0) is 20.6. The Bertz CT molecular complexity index is 880. The van der Waals surface area contributed by atoms with Crippen LogP contribution in [0.25, 0.3) is 0 Å². The topological polar surface area (TPSA) is 73.8 Å². The Hall–Kier alpha value is -2.38. The quantitative estimate of drug-likeness (QED) is 0.526. The SMILES string of the molecule is CN=C(NCc1ccccc1S(=O)(=O)N(C)C)NC(C)CCc1ccccc1. The van der Waals surface area contributed by atoms with E-state index in [1.54, 1.807) is 19.2 Å². The van der Waals surface area contributed by atoms with Crippen molar-refractivity contribution in [3.8, 4) is 0 Å². The van der Waals surface area contributed by atoms with E-state index in [1.807, 2.05) is 30.3 Å². The van der Waals surface area contributed by atoms with Gasteiger partial charge in [-0.25, -0.2) is 12.7 Å². The number of hydrogen-bond donors (Lipinski definition) is 2. The second kappa shape index (κ2) is 10.2. The number of aryl methyl sites for hydroxylation is 1. The lowest BCUT2D eigenvalue weighted by Crippen LogP contribution is -2.42. The van der Waals surface area contributed by atoms with Gasteiger partial charge in [-0.1, -0.05) is 48.5 Å². The van der Waals surface area contributed by atoms with Crippen LogP contribution in [-0.2, 0) is 23.0 Å². The molecule has 28 heavy (non-hydrogen) atoms. The van der Waals surface area contributed by atoms with Crippen LogP contribution in [0.15, 0.2) is 64.5 Å². The van der Waals surface area contributed by atoms with Crippen LogP contribution in [0, 0.1) is 0 Å². The lowest BCUT2D eigenvalue weighted by Gasteiger charge is -2.19. The fourth-order valence-corrected chi connectivity index (χ4v) is 3.92. The van der Waals surface area contributed by atoms with Crippen LogP contribution in [0.2, 0.25) is 0 Å². The fourth-order valence-electron chi connectivity index (χ4n) is 2.81. The fraction of sp³-hybridized carbons (Fsp3) is 0.381. The van der Waals surface area contributed by atoms with E-state index in [9.17, 15) is 8.42 Å². The normalized spacial score (nSPS) is 13.4. The number of hydrogen-bond acceptors (Lipinski definition) is 3. The van der Waals surface area contributed by atoms with Crippen molar-refractivity contribution < 1.29 is 8.42 Å². The molecule has 0 fully saturated rings. The van der Waals surface area contributed by atoms with Crippen molar-refractivity contribution in [2.75, 3.05) is 21.1 Å². The van der Waals surface area contributed by atoms with E-state index >= 15 is 0 Å². The van der Waals surface area contributed by atoms with E-state index < -0.39 is 10.0 Å². The zero-order valence-electron chi connectivity index (χ0n) is 17.0. The summed E-state index contributed by atoms with van der Waals surface area (Å²) >= 11 is 0. The van der Waals surface area contributed by atoms with Gasteiger partial charge in [-0.15, -0.1) is 0 Å². The average Bonchev–Trinajstić information content (AvgIpc) is 2.70. The molecule has 0 amide bonds. The first-order valence-corrected chi connectivity index (χ1v) is 10.8. The zero-order valence-corrected chi connectivity index (χ0v) is 17.8. The van der Waals surface area contributed by atoms with Crippen molar-refractivity contribution in [3.05, 3.63) is 65.7 Å². The maximum atomic E-state index is 12.5. The van der Waals surface area contributed by atoms with Crippen LogP contribution < -0.4 is 10.6 Å². The Balaban J connectivity index is 1.96. The second-order valence-corrected chi connectivity index (χ2v) is 9.01. The standard InChI is InChI=1S/C21H30N4O2S/c1-17(14-15-18-10-6-5-7-11-18)24-21(22-2)23-16-19-12-8-9-13-20(19)28(26,27)25(3)4/h5-13,17H,14-16H2,1-4H3,(H2,22,23,24). The van der Waals surface area contributed by atoms with E-state index in [4.69, 9.17) is 0 Å². The number of guanidine groups is 1. The smallest absolute Gasteiger partial charge is 0.242 e. The molecule has 0 saturated carbocycles. The lowest BCUT2D eigenvalue weighted by molar-refractivity contribution is 0.519. The van der Waals surface area contributed by atoms with Crippen molar-refractivity contribution in [1.82, 2.24) is 14.9 Å². The van der Waals surface area contributed by atoms with Gasteiger partial charge in [0, 0.05) is 33.7 Å². The highest BCUT2D eigenvalue weighted by Gasteiger charge is 2.20. The van der Waals surface area contributed by atoms with E-state index in [-0.39, 0.29) is 6.04 Å². The Morgan fingerprint density at radius 3 is 2.36 bits per heavy atom. The Morgan fingerprint density at radius 1 is 1.07 bits per heavy atom. The van der Waals surface area contributed by atoms with Crippen molar-refractivity contribution in [2.24, 2.45) is 4.99 Å². The largest absolute Gasteiger partial charge is 0.354 e. The van der Waals surface area contributed by atoms with Crippen LogP contribution in [0.1, 0.15) is 24.5 Å². The van der Waals surface area contributed by atoms with E-state index in [1.165, 1.54) is 24.0 Å². The molecule has 1 atom stereocenters. The number of sulfonamides is 1. The van der Waals surface area contributed by atoms with Gasteiger partial charge >= 0.3 is 0 Å². The predicted octanol–water partition coefficient (Wildman–Crippen LogP) is 2.62. The molecule has 0 aliphatic carbocycles. The molecule has 0 radical (unpaired) electrons. The van der Waals surface area contributed by atoms with Gasteiger partial charge in [0.05, 0.1) is 4.90 Å². The molecule has 0 heterocycles. The van der Waals surface area contributed by atoms with Crippen LogP contribution in [-0.4, -0.2) is 45.9 Å². The third kappa shape index (κ3) is 6.07. The van der Waals surface area contributed by atoms with Gasteiger partial charge in [-0.2, -0.15) is 0 Å². The van der Waals surface area contributed by atoms with Crippen LogP contribution in [0.4, 0.5) is 0 Å². The van der Waals surface area contributed by atoms with E-state index in [0.717, 1.165) is 12.8 Å². The molecule has 152 valence electrons. The summed E-state index contributed by atoms with van der Waals surface area (Å²) in [4.78, 5) is 4.57. The monoisotopic (exact) mass is 402 g/mol. The molecule has 1 unspecified atom stereocenters. The van der Waals surface area contributed by atoms with Crippen LogP contribution in [0.3, 0.4) is 0 Å². The van der Waals surface area contributed by atoms with Gasteiger partial charge < -0.3 is 10.6 Å². The summed E-state index contributed by atoms with van der Waals surface area (Å²) in [5.41, 5.74) is 2.01. The van der Waals surface area contributed by atoms with Gasteiger partial charge in [0.2, 0.25) is 10.0 Å². The minimum absolute atomic E-state index is 0.229. The van der Waals surface area contributed by atoms with Gasteiger partial charge in [0.1, 0.15) is 0 Å². The molecule has 2 aromatic carbocycles. The highest BCUT2D eigenvalue weighted by molar-refractivity contribution is 7.89. The lowest BCUT2D eigenvalue weighted by atomic mass is 10.1. The Labute approximate surface area is 168 Å². The van der Waals surface area contributed by atoms with E-state index in [2.05, 4.69) is 34.7 Å². The molecule has 7 heteroatoms. The molecule has 2 N–H and O–H groups in total. The van der Waals surface area contributed by atoms with Crippen molar-refractivity contribution >= 4 is 16.0 Å². The molecule has 0 spiro atoms. The molecule has 2 rings (SSSR count). The molecular formula is C21H30N4O2S. The summed E-state index contributed by atoms with van der Waals surface area (Å²) in [6.45, 7) is 2.48. The summed E-state index contributed by atoms with van der Waals surface area (Å²) in [5.74, 6) is 0.651. The Kier molecular flexibility index (Phi) is 8.02. The molecule has 0 bridgehead atoms. The number of benzene rings is 2. The summed E-state index contributed by atoms with van der Waals surface area (Å²) in [6.07, 6.45) is 1.95. The second-order valence-electron chi connectivity index (χ2n) is 6.89. The third-order valence-electron chi connectivity index (χ3n) is 4.49. The van der Waals surface area contributed by atoms with Gasteiger partial charge in [-0.05, 0) is 37.0 Å². The highest BCUT2D eigenvalue weighted by atomic mass is 32.2. The minimum atomic E-state index is -3.49. The predicted molar refractivity (Wildman–Crippen MR) is 115 cm³/mol. The Morgan fingerprint density at radius 2 is 1.71 bits per heavy atom. The summed E-state index contributed by atoms with van der Waals surface area (Å²) in [7, 11) is 1.29. The number of aliphatic imine (C=N–C) groups is 1. The molecule has 0 aliphatic heterocycles. The molecule has 0 saturated heterocycles. The summed E-state index contributed by atoms with van der Waals surface area (Å²) < 4.78 is 26.3. The van der Waals surface area contributed by atoms with Gasteiger partial charge in [0.25, 0.3) is 0 Å². The van der Waals surface area contributed by atoms with Gasteiger partial charge in [0.15, 0.2) is 5.96 Å². The molecular weight excluding hydrogens is 372 g/mol. The summed E-state index contributed by atoms with van der Waals surface area (Å²) in [6, 6.07) is 17.6. The highest BCUT2D eigenvalue weighted by Crippen LogP contribution is 2.18. The van der Waals surface area contributed by atoms with E-state index in [0.29, 0.717) is 23.0 Å². The van der Waals surface area contributed by atoms with Gasteiger partial charge in [-0.3, -0.25) is 4.99 Å². The van der Waals surface area contributed by atoms with Crippen molar-refractivity contribution in [3.63, 3.8) is 0 Å². The number of nitrogens with one attached hydrogen (secondary N) is 2. The van der Waals surface area contributed by atoms with Crippen molar-refractivity contribution in [2.45, 2.75) is 37.2 Å². The van der Waals surface area contributed by atoms with Crippen LogP contribution >= 0.6 is 0 Å². The maximum Gasteiger partial charge on any atom is 0.242 e. The van der Waals surface area contributed by atoms with Crippen LogP contribution in [0.5, 0.6) is 0 Å². The molecule has 6 nitrogen and oxygen atoms in total. The summed E-state index contributed by atoms with van der Waals surface area (Å²) in [5, 5.41) is 6.59. The molecule has 0 aromatic heterocycles. The average molecular weight is 403 g/mol. The number of rotatable bonds is 8. The number of nitrogens with zero attached hydrogens (tertiary/aromatic N) is 2. The first-order valence-electron chi connectivity index (χ1n) is 9.36. The first kappa shape index (κ1) is 21.9. The maximum absolute atomic E-state index is 12.5. The molecule has 0 aliphatic rings. The molecule has 2 aromatic rings. The third-order valence-corrected chi connectivity index (χ3v) is 6.41. The minimum Gasteiger partial charge on any atom is -0.354 e. The van der Waals surface area contributed by atoms with Crippen molar-refractivity contribution in [1.29, 1.82) is 0 Å².